The molecule has 0 aliphatic rings. The fourth-order valence-corrected chi connectivity index (χ4v) is 0.675. The number of H-pyrrole nitrogens is 1. The zero-order chi connectivity index (χ0) is 13.3. The second kappa shape index (κ2) is 4.60. The maximum absolute atomic E-state index is 5.22. The molecule has 2 nitrogen and oxygen atoms in total. The summed E-state index contributed by atoms with van der Waals surface area (Å²) in [4.78, 5) is 7.20. The van der Waals surface area contributed by atoms with E-state index in [-0.39, 0.29) is 5.41 Å². The molecular weight excluding hydrogens is 426 g/mol. The van der Waals surface area contributed by atoms with Gasteiger partial charge in [-0.3, -0.25) is 0 Å². The SMILES string of the molecule is CC(C)(C)c1ncc[nH]1.[Cl][Ru-3]([Cl])([Cl])([Cl])([Cl])[Cl]. The van der Waals surface area contributed by atoms with E-state index in [1.165, 1.54) is 0 Å². The van der Waals surface area contributed by atoms with Gasteiger partial charge in [-0.2, -0.15) is 0 Å². The van der Waals surface area contributed by atoms with E-state index in [0.29, 0.717) is 0 Å². The Morgan fingerprint density at radius 2 is 1.44 bits per heavy atom. The average Bonchev–Trinajstić information content (AvgIpc) is 2.24. The van der Waals surface area contributed by atoms with E-state index in [4.69, 9.17) is 58.1 Å². The number of rotatable bonds is 0. The number of nitrogens with one attached hydrogen (secondary N) is 1. The number of nitrogens with zero attached hydrogens (tertiary/aromatic N) is 1. The third kappa shape index (κ3) is 15.6. The van der Waals surface area contributed by atoms with Gasteiger partial charge < -0.3 is 4.98 Å². The van der Waals surface area contributed by atoms with E-state index in [1.807, 2.05) is 6.20 Å². The van der Waals surface area contributed by atoms with Crippen molar-refractivity contribution in [1.29, 1.82) is 0 Å². The fourth-order valence-electron chi connectivity index (χ4n) is 0.675. The molecule has 103 valence electrons. The molecule has 1 heterocycles. The number of hydrogen-bond acceptors (Lipinski definition) is 1. The summed E-state index contributed by atoms with van der Waals surface area (Å²) in [5, 5.41) is 0. The Morgan fingerprint density at radius 1 is 1.06 bits per heavy atom. The number of aromatic nitrogens is 2. The second-order valence-electron chi connectivity index (χ2n) is 3.95. The molecule has 0 aliphatic carbocycles. The zero-order valence-electron chi connectivity index (χ0n) is 8.72. The molecular formula is C7H12Cl6N2Ru-3. The van der Waals surface area contributed by atoms with E-state index in [1.54, 1.807) is 6.20 Å². The van der Waals surface area contributed by atoms with E-state index in [0.717, 1.165) is 5.82 Å². The standard InChI is InChI=1S/C7H12N2.6ClH.Ru/c1-7(2,3)6-8-4-5-9-6;;;;;;;/h4-5H,1-3H3,(H,8,9);6*1H;/q;;;;;;;+3/p-6. The fraction of sp³-hybridized carbons (Fsp3) is 0.571. The molecule has 0 aliphatic heterocycles. The van der Waals surface area contributed by atoms with E-state index >= 15 is 0 Å². The van der Waals surface area contributed by atoms with Crippen LogP contribution in [-0.4, -0.2) is 9.97 Å². The van der Waals surface area contributed by atoms with Crippen LogP contribution in [0.2, 0.25) is 0 Å². The Labute approximate surface area is 118 Å². The molecule has 0 aromatic carbocycles. The molecule has 0 saturated heterocycles. The molecule has 1 rings (SSSR count). The molecule has 1 aromatic heterocycles. The van der Waals surface area contributed by atoms with Gasteiger partial charge in [0.25, 0.3) is 0 Å². The molecule has 9 heteroatoms. The number of imidazole rings is 1. The van der Waals surface area contributed by atoms with Gasteiger partial charge in [0.2, 0.25) is 0 Å². The topological polar surface area (TPSA) is 28.7 Å². The molecule has 0 spiro atoms. The first-order valence-corrected chi connectivity index (χ1v) is 17.3. The Morgan fingerprint density at radius 3 is 1.56 bits per heavy atom. The molecule has 1 aromatic rings. The minimum absolute atomic E-state index is 0.156. The zero-order valence-corrected chi connectivity index (χ0v) is 15.0. The molecule has 16 heavy (non-hydrogen) atoms. The van der Waals surface area contributed by atoms with E-state index in [2.05, 4.69) is 30.7 Å². The van der Waals surface area contributed by atoms with Crippen molar-refractivity contribution in [1.82, 2.24) is 9.97 Å². The quantitative estimate of drug-likeness (QED) is 0.507. The summed E-state index contributed by atoms with van der Waals surface area (Å²) < 4.78 is 0. The van der Waals surface area contributed by atoms with Crippen molar-refractivity contribution in [2.24, 2.45) is 0 Å². The first kappa shape index (κ1) is 17.6. The van der Waals surface area contributed by atoms with E-state index < -0.39 is 6.48 Å². The Balaban J connectivity index is 0.000000293. The van der Waals surface area contributed by atoms with Gasteiger partial charge in [0.05, 0.1) is 0 Å². The van der Waals surface area contributed by atoms with Crippen molar-refractivity contribution in [3.8, 4) is 0 Å². The van der Waals surface area contributed by atoms with Gasteiger partial charge in [-0.1, -0.05) is 20.8 Å². The Kier molecular flexibility index (Phi) is 5.05. The van der Waals surface area contributed by atoms with Crippen LogP contribution in [0.1, 0.15) is 26.6 Å². The van der Waals surface area contributed by atoms with Gasteiger partial charge in [0.1, 0.15) is 5.82 Å². The van der Waals surface area contributed by atoms with Crippen molar-refractivity contribution in [3.05, 3.63) is 18.2 Å². The molecule has 0 bridgehead atoms. The normalized spacial score (nSPS) is 16.8. The van der Waals surface area contributed by atoms with Crippen LogP contribution in [0, 0.1) is 0 Å². The first-order valence-electron chi connectivity index (χ1n) is 3.91. The molecule has 0 radical (unpaired) electrons. The molecule has 0 fully saturated rings. The summed E-state index contributed by atoms with van der Waals surface area (Å²) in [5.74, 6) is 1.04. The van der Waals surface area contributed by atoms with Crippen molar-refractivity contribution >= 4 is 58.1 Å². The van der Waals surface area contributed by atoms with Crippen LogP contribution in [-0.2, 0) is 11.9 Å². The molecule has 0 saturated carbocycles. The number of hydrogen-bond donors (Lipinski definition) is 1. The van der Waals surface area contributed by atoms with Gasteiger partial charge in [-0.15, -0.1) is 0 Å². The Bertz CT molecular complexity index is 320. The van der Waals surface area contributed by atoms with Crippen molar-refractivity contribution in [3.63, 3.8) is 0 Å². The van der Waals surface area contributed by atoms with Crippen LogP contribution in [0.15, 0.2) is 12.4 Å². The second-order valence-corrected chi connectivity index (χ2v) is 43.5. The predicted octanol–water partition coefficient (Wildman–Crippen LogP) is 5.84. The van der Waals surface area contributed by atoms with Crippen molar-refractivity contribution in [2.75, 3.05) is 0 Å². The summed E-state index contributed by atoms with van der Waals surface area (Å²) in [5.41, 5.74) is 0.156. The third-order valence-corrected chi connectivity index (χ3v) is 1.21. The number of halogens is 6. The number of aromatic amines is 1. The van der Waals surface area contributed by atoms with Crippen molar-refractivity contribution < 1.29 is 6.48 Å². The summed E-state index contributed by atoms with van der Waals surface area (Å²) >= 11 is 0. The van der Waals surface area contributed by atoms with Gasteiger partial charge in [-0.25, -0.2) is 4.98 Å². The van der Waals surface area contributed by atoms with Crippen LogP contribution < -0.4 is 0 Å². The molecule has 0 unspecified atom stereocenters. The maximum atomic E-state index is 5.04. The summed E-state index contributed by atoms with van der Waals surface area (Å²) in [7, 11) is 30.3. The first-order chi connectivity index (χ1) is 6.55. The average molecular weight is 438 g/mol. The molecule has 0 atom stereocenters. The Hall–Kier alpha value is 1.57. The van der Waals surface area contributed by atoms with Gasteiger partial charge in [0.15, 0.2) is 0 Å². The van der Waals surface area contributed by atoms with Crippen LogP contribution in [0.25, 0.3) is 0 Å². The monoisotopic (exact) mass is 436 g/mol. The van der Waals surface area contributed by atoms with E-state index in [9.17, 15) is 0 Å². The molecule has 1 N–H and O–H groups in total. The summed E-state index contributed by atoms with van der Waals surface area (Å²) in [6.07, 6.45) is 3.63. The third-order valence-electron chi connectivity index (χ3n) is 1.21. The predicted molar refractivity (Wildman–Crippen MR) is 72.4 cm³/mol. The summed E-state index contributed by atoms with van der Waals surface area (Å²) in [6.45, 7) is 1.18. The minimum atomic E-state index is -5.22. The van der Waals surface area contributed by atoms with Crippen LogP contribution >= 0.6 is 58.1 Å². The molecule has 0 amide bonds. The van der Waals surface area contributed by atoms with Crippen LogP contribution in [0.4, 0.5) is 0 Å². The van der Waals surface area contributed by atoms with Crippen LogP contribution in [0.3, 0.4) is 0 Å². The van der Waals surface area contributed by atoms with Crippen LogP contribution in [0.5, 0.6) is 0 Å². The van der Waals surface area contributed by atoms with Gasteiger partial charge in [-0.05, 0) is 0 Å². The summed E-state index contributed by atoms with van der Waals surface area (Å²) in [6, 6.07) is 0. The van der Waals surface area contributed by atoms with Crippen molar-refractivity contribution in [2.45, 2.75) is 26.2 Å². The van der Waals surface area contributed by atoms with Gasteiger partial charge >= 0.3 is 64.6 Å². The van der Waals surface area contributed by atoms with Gasteiger partial charge in [0, 0.05) is 17.8 Å².